The fraction of sp³-hybridized carbons (Fsp3) is 0.130. The summed E-state index contributed by atoms with van der Waals surface area (Å²) in [5.74, 6) is -1.29. The zero-order valence-electron chi connectivity index (χ0n) is 16.3. The maximum Gasteiger partial charge on any atom is 0.300 e. The van der Waals surface area contributed by atoms with Gasteiger partial charge in [-0.25, -0.2) is 0 Å². The molecular weight excluding hydrogens is 441 g/mol. The monoisotopic (exact) mass is 457 g/mol. The van der Waals surface area contributed by atoms with Gasteiger partial charge in [0.15, 0.2) is 0 Å². The van der Waals surface area contributed by atoms with Gasteiger partial charge in [-0.15, -0.1) is 0 Å². The van der Waals surface area contributed by atoms with Gasteiger partial charge in [0.1, 0.15) is 23.3 Å². The minimum absolute atomic E-state index is 0.134. The van der Waals surface area contributed by atoms with Gasteiger partial charge in [-0.05, 0) is 61.5 Å². The first kappa shape index (κ1) is 21.0. The SMILES string of the molecule is CCOc1ccc(Cl)c(/C(O)=C2/C(=O)C(=O)N(c3ccc(Cl)cc3)C2c2ccco2)c1. The lowest BCUT2D eigenvalue weighted by Crippen LogP contribution is -2.29. The molecule has 0 spiro atoms. The number of ketones is 1. The summed E-state index contributed by atoms with van der Waals surface area (Å²) in [7, 11) is 0. The van der Waals surface area contributed by atoms with Gasteiger partial charge in [0.05, 0.1) is 23.5 Å². The van der Waals surface area contributed by atoms with Gasteiger partial charge in [0.2, 0.25) is 0 Å². The molecule has 1 saturated heterocycles. The van der Waals surface area contributed by atoms with Crippen molar-refractivity contribution in [3.05, 3.63) is 87.8 Å². The number of ether oxygens (including phenoxy) is 1. The molecule has 8 heteroatoms. The molecule has 0 radical (unpaired) electrons. The highest BCUT2D eigenvalue weighted by atomic mass is 35.5. The third kappa shape index (κ3) is 3.80. The number of Topliss-reactive ketones (excluding diaryl/α,β-unsaturated/α-hetero) is 1. The van der Waals surface area contributed by atoms with Crippen LogP contribution in [0.3, 0.4) is 0 Å². The standard InChI is InChI=1S/C23H17Cl2NO5/c1-2-30-15-9-10-17(25)16(12-15)21(27)19-20(18-4-3-11-31-18)26(23(29)22(19)28)14-7-5-13(24)6-8-14/h3-12,20,27H,2H2,1H3/b21-19-. The summed E-state index contributed by atoms with van der Waals surface area (Å²) in [4.78, 5) is 27.3. The number of hydrogen-bond donors (Lipinski definition) is 1. The third-order valence-electron chi connectivity index (χ3n) is 4.87. The molecule has 4 rings (SSSR count). The third-order valence-corrected chi connectivity index (χ3v) is 5.45. The van der Waals surface area contributed by atoms with Crippen molar-refractivity contribution in [2.45, 2.75) is 13.0 Å². The first-order valence-corrected chi connectivity index (χ1v) is 10.2. The van der Waals surface area contributed by atoms with Gasteiger partial charge in [-0.2, -0.15) is 0 Å². The second-order valence-electron chi connectivity index (χ2n) is 6.74. The maximum absolute atomic E-state index is 13.0. The summed E-state index contributed by atoms with van der Waals surface area (Å²) in [6.07, 6.45) is 1.43. The van der Waals surface area contributed by atoms with Crippen molar-refractivity contribution in [3.63, 3.8) is 0 Å². The van der Waals surface area contributed by atoms with Crippen molar-refractivity contribution in [1.82, 2.24) is 0 Å². The number of aliphatic hydroxyl groups excluding tert-OH is 1. The number of carbonyl (C=O) groups is 2. The van der Waals surface area contributed by atoms with Crippen LogP contribution in [0.1, 0.15) is 24.3 Å². The lowest BCUT2D eigenvalue weighted by molar-refractivity contribution is -0.132. The quantitative estimate of drug-likeness (QED) is 0.305. The van der Waals surface area contributed by atoms with Crippen molar-refractivity contribution in [3.8, 4) is 5.75 Å². The Morgan fingerprint density at radius 3 is 2.52 bits per heavy atom. The van der Waals surface area contributed by atoms with Crippen LogP contribution in [0, 0.1) is 0 Å². The van der Waals surface area contributed by atoms with Crippen LogP contribution < -0.4 is 9.64 Å². The Morgan fingerprint density at radius 2 is 1.87 bits per heavy atom. The molecule has 0 aliphatic carbocycles. The van der Waals surface area contributed by atoms with Gasteiger partial charge in [0, 0.05) is 16.3 Å². The Hall–Kier alpha value is -3.22. The van der Waals surface area contributed by atoms with Gasteiger partial charge in [-0.1, -0.05) is 23.2 Å². The van der Waals surface area contributed by atoms with E-state index in [9.17, 15) is 14.7 Å². The smallest absolute Gasteiger partial charge is 0.300 e. The summed E-state index contributed by atoms with van der Waals surface area (Å²) in [6.45, 7) is 2.23. The minimum atomic E-state index is -0.983. The summed E-state index contributed by atoms with van der Waals surface area (Å²) >= 11 is 12.3. The lowest BCUT2D eigenvalue weighted by atomic mass is 9.99. The molecule has 1 aliphatic heterocycles. The zero-order chi connectivity index (χ0) is 22.1. The number of rotatable bonds is 5. The van der Waals surface area contributed by atoms with Crippen LogP contribution in [-0.2, 0) is 9.59 Å². The van der Waals surface area contributed by atoms with Gasteiger partial charge in [0.25, 0.3) is 11.7 Å². The van der Waals surface area contributed by atoms with E-state index in [0.29, 0.717) is 28.8 Å². The van der Waals surface area contributed by atoms with E-state index in [1.807, 2.05) is 6.92 Å². The average Bonchev–Trinajstić information content (AvgIpc) is 3.37. The fourth-order valence-corrected chi connectivity index (χ4v) is 3.84. The van der Waals surface area contributed by atoms with Crippen molar-refractivity contribution >= 4 is 46.3 Å². The lowest BCUT2D eigenvalue weighted by Gasteiger charge is -2.23. The predicted molar refractivity (Wildman–Crippen MR) is 118 cm³/mol. The Balaban J connectivity index is 1.92. The van der Waals surface area contributed by atoms with Crippen molar-refractivity contribution in [2.75, 3.05) is 11.5 Å². The van der Waals surface area contributed by atoms with Crippen molar-refractivity contribution in [1.29, 1.82) is 0 Å². The highest BCUT2D eigenvalue weighted by molar-refractivity contribution is 6.52. The van der Waals surface area contributed by atoms with E-state index in [4.69, 9.17) is 32.4 Å². The van der Waals surface area contributed by atoms with Crippen LogP contribution in [0.2, 0.25) is 10.0 Å². The maximum atomic E-state index is 13.0. The summed E-state index contributed by atoms with van der Waals surface area (Å²) < 4.78 is 11.0. The summed E-state index contributed by atoms with van der Waals surface area (Å²) in [5, 5.41) is 11.8. The number of hydrogen-bond acceptors (Lipinski definition) is 5. The zero-order valence-corrected chi connectivity index (χ0v) is 17.9. The van der Waals surface area contributed by atoms with E-state index in [1.165, 1.54) is 17.2 Å². The first-order valence-electron chi connectivity index (χ1n) is 9.45. The molecule has 0 bridgehead atoms. The molecule has 1 N–H and O–H groups in total. The molecule has 6 nitrogen and oxygen atoms in total. The topological polar surface area (TPSA) is 80.0 Å². The van der Waals surface area contributed by atoms with Crippen LogP contribution in [-0.4, -0.2) is 23.4 Å². The molecule has 1 aromatic heterocycles. The number of aliphatic hydroxyl groups is 1. The highest BCUT2D eigenvalue weighted by Crippen LogP contribution is 2.43. The molecule has 1 unspecified atom stereocenters. The molecule has 2 aromatic carbocycles. The molecule has 1 fully saturated rings. The Morgan fingerprint density at radius 1 is 1.13 bits per heavy atom. The number of benzene rings is 2. The molecule has 3 aromatic rings. The van der Waals surface area contributed by atoms with Crippen LogP contribution in [0.4, 0.5) is 5.69 Å². The van der Waals surface area contributed by atoms with E-state index in [2.05, 4.69) is 0 Å². The Bertz CT molecular complexity index is 1170. The minimum Gasteiger partial charge on any atom is -0.507 e. The molecule has 31 heavy (non-hydrogen) atoms. The highest BCUT2D eigenvalue weighted by Gasteiger charge is 2.48. The summed E-state index contributed by atoms with van der Waals surface area (Å²) in [5.41, 5.74) is 0.477. The number of furan rings is 1. The van der Waals surface area contributed by atoms with Crippen molar-refractivity contribution < 1.29 is 23.8 Å². The van der Waals surface area contributed by atoms with E-state index < -0.39 is 23.5 Å². The first-order chi connectivity index (χ1) is 14.9. The van der Waals surface area contributed by atoms with E-state index in [-0.39, 0.29) is 16.2 Å². The summed E-state index contributed by atoms with van der Waals surface area (Å²) in [6, 6.07) is 13.5. The van der Waals surface area contributed by atoms with Crippen LogP contribution >= 0.6 is 23.2 Å². The fourth-order valence-electron chi connectivity index (χ4n) is 3.50. The molecule has 1 atom stereocenters. The Kier molecular flexibility index (Phi) is 5.76. The second-order valence-corrected chi connectivity index (χ2v) is 7.58. The number of nitrogens with zero attached hydrogens (tertiary/aromatic N) is 1. The largest absolute Gasteiger partial charge is 0.507 e. The number of halogens is 2. The molecule has 0 saturated carbocycles. The Labute approximate surface area is 188 Å². The van der Waals surface area contributed by atoms with Crippen LogP contribution in [0.15, 0.2) is 70.9 Å². The molecule has 2 heterocycles. The normalized spacial score (nSPS) is 17.9. The van der Waals surface area contributed by atoms with E-state index in [1.54, 1.807) is 48.5 Å². The van der Waals surface area contributed by atoms with Gasteiger partial charge >= 0.3 is 0 Å². The van der Waals surface area contributed by atoms with E-state index >= 15 is 0 Å². The van der Waals surface area contributed by atoms with Gasteiger partial charge in [-0.3, -0.25) is 14.5 Å². The molecule has 1 amide bonds. The van der Waals surface area contributed by atoms with Gasteiger partial charge < -0.3 is 14.3 Å². The number of amides is 1. The predicted octanol–water partition coefficient (Wildman–Crippen LogP) is 5.61. The molecule has 158 valence electrons. The van der Waals surface area contributed by atoms with Crippen molar-refractivity contribution in [2.24, 2.45) is 0 Å². The van der Waals surface area contributed by atoms with Crippen LogP contribution in [0.25, 0.3) is 5.76 Å². The second kappa shape index (κ2) is 8.49. The molecular formula is C23H17Cl2NO5. The van der Waals surface area contributed by atoms with E-state index in [0.717, 1.165) is 0 Å². The number of anilines is 1. The number of carbonyl (C=O) groups excluding carboxylic acids is 2. The van der Waals surface area contributed by atoms with Crippen LogP contribution in [0.5, 0.6) is 5.75 Å². The average molecular weight is 458 g/mol. The molecule has 1 aliphatic rings.